The quantitative estimate of drug-likeness (QED) is 0.718. The van der Waals surface area contributed by atoms with Crippen molar-refractivity contribution in [2.45, 2.75) is 46.6 Å². The average Bonchev–Trinajstić information content (AvgIpc) is 2.52. The van der Waals surface area contributed by atoms with Crippen LogP contribution in [0.2, 0.25) is 0 Å². The van der Waals surface area contributed by atoms with Crippen LogP contribution in [-0.4, -0.2) is 35.6 Å². The molecule has 3 N–H and O–H groups in total. The Labute approximate surface area is 138 Å². The van der Waals surface area contributed by atoms with Gasteiger partial charge in [-0.2, -0.15) is 0 Å². The molecular formula is C18H28N2O3. The molecule has 0 aromatic heterocycles. The Balaban J connectivity index is 2.47. The van der Waals surface area contributed by atoms with Crippen LogP contribution in [0.1, 0.15) is 48.7 Å². The lowest BCUT2D eigenvalue weighted by atomic mass is 9.89. The van der Waals surface area contributed by atoms with Gasteiger partial charge in [0.15, 0.2) is 0 Å². The maximum Gasteiger partial charge on any atom is 0.251 e. The Bertz CT molecular complexity index is 567. The van der Waals surface area contributed by atoms with Gasteiger partial charge in [-0.25, -0.2) is 0 Å². The van der Waals surface area contributed by atoms with E-state index in [1.165, 1.54) is 0 Å². The molecule has 0 saturated carbocycles. The highest BCUT2D eigenvalue weighted by molar-refractivity contribution is 5.96. The first-order chi connectivity index (χ1) is 10.7. The van der Waals surface area contributed by atoms with E-state index >= 15 is 0 Å². The van der Waals surface area contributed by atoms with Crippen molar-refractivity contribution in [2.24, 2.45) is 5.92 Å². The topological polar surface area (TPSA) is 78.4 Å². The molecule has 2 amide bonds. The summed E-state index contributed by atoms with van der Waals surface area (Å²) < 4.78 is 0. The van der Waals surface area contributed by atoms with E-state index in [4.69, 9.17) is 0 Å². The Morgan fingerprint density at radius 1 is 1.22 bits per heavy atom. The number of aliphatic hydroxyl groups is 1. The summed E-state index contributed by atoms with van der Waals surface area (Å²) in [5.74, 6) is -0.518. The minimum atomic E-state index is -0.956. The Morgan fingerprint density at radius 2 is 1.87 bits per heavy atom. The summed E-state index contributed by atoms with van der Waals surface area (Å²) in [4.78, 5) is 23.8. The van der Waals surface area contributed by atoms with Gasteiger partial charge in [-0.3, -0.25) is 9.59 Å². The Hall–Kier alpha value is -1.88. The highest BCUT2D eigenvalue weighted by Crippen LogP contribution is 2.18. The monoisotopic (exact) mass is 320 g/mol. The van der Waals surface area contributed by atoms with Gasteiger partial charge in [0.05, 0.1) is 12.1 Å². The molecule has 0 spiro atoms. The van der Waals surface area contributed by atoms with Crippen molar-refractivity contribution in [2.75, 3.05) is 13.1 Å². The summed E-state index contributed by atoms with van der Waals surface area (Å²) in [7, 11) is 0. The van der Waals surface area contributed by atoms with Crippen LogP contribution in [0.15, 0.2) is 18.2 Å². The molecule has 1 rings (SSSR count). The number of hydrogen-bond donors (Lipinski definition) is 3. The summed E-state index contributed by atoms with van der Waals surface area (Å²) in [6.45, 7) is 9.61. The molecule has 0 aliphatic heterocycles. The zero-order chi connectivity index (χ0) is 17.6. The normalized spacial score (nSPS) is 14.7. The number of nitrogens with one attached hydrogen (secondary N) is 2. The molecule has 0 aliphatic carbocycles. The van der Waals surface area contributed by atoms with E-state index in [-0.39, 0.29) is 30.8 Å². The largest absolute Gasteiger partial charge is 0.388 e. The molecule has 128 valence electrons. The van der Waals surface area contributed by atoms with Crippen LogP contribution < -0.4 is 10.6 Å². The maximum absolute atomic E-state index is 12.0. The molecule has 2 unspecified atom stereocenters. The van der Waals surface area contributed by atoms with Crippen LogP contribution in [0.3, 0.4) is 0 Å². The first-order valence-corrected chi connectivity index (χ1v) is 8.02. The molecule has 5 nitrogen and oxygen atoms in total. The molecule has 0 fully saturated rings. The van der Waals surface area contributed by atoms with Gasteiger partial charge in [0.2, 0.25) is 5.91 Å². The number of carbonyl (C=O) groups is 2. The first kappa shape index (κ1) is 19.2. The molecular weight excluding hydrogens is 292 g/mol. The second-order valence-corrected chi connectivity index (χ2v) is 6.42. The van der Waals surface area contributed by atoms with E-state index in [2.05, 4.69) is 10.6 Å². The summed E-state index contributed by atoms with van der Waals surface area (Å²) >= 11 is 0. The predicted molar refractivity (Wildman–Crippen MR) is 91.3 cm³/mol. The highest BCUT2D eigenvalue weighted by Gasteiger charge is 2.27. The lowest BCUT2D eigenvalue weighted by molar-refractivity contribution is -0.121. The smallest absolute Gasteiger partial charge is 0.251 e. The number of rotatable bonds is 7. The molecule has 1 aromatic carbocycles. The van der Waals surface area contributed by atoms with Crippen LogP contribution in [0.4, 0.5) is 0 Å². The Kier molecular flexibility index (Phi) is 6.76. The van der Waals surface area contributed by atoms with Crippen molar-refractivity contribution in [3.05, 3.63) is 34.9 Å². The maximum atomic E-state index is 12.0. The second kappa shape index (κ2) is 8.11. The van der Waals surface area contributed by atoms with Gasteiger partial charge in [0.25, 0.3) is 5.91 Å². The SMILES string of the molecule is CCC(C)C(C)(O)CNC(=O)CNC(=O)c1ccc(C)c(C)c1. The number of benzene rings is 1. The molecule has 0 saturated heterocycles. The minimum absolute atomic E-state index is 0.0768. The fourth-order valence-corrected chi connectivity index (χ4v) is 2.10. The van der Waals surface area contributed by atoms with E-state index in [0.717, 1.165) is 17.5 Å². The van der Waals surface area contributed by atoms with Gasteiger partial charge in [0, 0.05) is 12.1 Å². The fourth-order valence-electron chi connectivity index (χ4n) is 2.10. The second-order valence-electron chi connectivity index (χ2n) is 6.42. The van der Waals surface area contributed by atoms with E-state index in [0.29, 0.717) is 5.56 Å². The molecule has 0 bridgehead atoms. The van der Waals surface area contributed by atoms with Gasteiger partial charge in [-0.05, 0) is 49.9 Å². The molecule has 0 heterocycles. The Morgan fingerprint density at radius 3 is 2.43 bits per heavy atom. The molecule has 23 heavy (non-hydrogen) atoms. The predicted octanol–water partition coefficient (Wildman–Crippen LogP) is 1.95. The molecule has 5 heteroatoms. The van der Waals surface area contributed by atoms with Crippen LogP contribution in [0, 0.1) is 19.8 Å². The van der Waals surface area contributed by atoms with Crippen molar-refractivity contribution in [1.82, 2.24) is 10.6 Å². The van der Waals surface area contributed by atoms with Crippen molar-refractivity contribution in [3.63, 3.8) is 0 Å². The van der Waals surface area contributed by atoms with Gasteiger partial charge in [0.1, 0.15) is 0 Å². The van der Waals surface area contributed by atoms with E-state index < -0.39 is 5.60 Å². The lowest BCUT2D eigenvalue weighted by Gasteiger charge is -2.29. The fraction of sp³-hybridized carbons (Fsp3) is 0.556. The summed E-state index contributed by atoms with van der Waals surface area (Å²) in [6, 6.07) is 5.42. The minimum Gasteiger partial charge on any atom is -0.388 e. The van der Waals surface area contributed by atoms with Crippen LogP contribution >= 0.6 is 0 Å². The molecule has 0 radical (unpaired) electrons. The van der Waals surface area contributed by atoms with Gasteiger partial charge < -0.3 is 15.7 Å². The summed E-state index contributed by atoms with van der Waals surface area (Å²) in [5.41, 5.74) is 1.73. The van der Waals surface area contributed by atoms with E-state index in [9.17, 15) is 14.7 Å². The number of carbonyl (C=O) groups excluding carboxylic acids is 2. The van der Waals surface area contributed by atoms with Gasteiger partial charge >= 0.3 is 0 Å². The summed E-state index contributed by atoms with van der Waals surface area (Å²) in [5, 5.41) is 15.5. The van der Waals surface area contributed by atoms with Crippen LogP contribution in [0.25, 0.3) is 0 Å². The summed E-state index contributed by atoms with van der Waals surface area (Å²) in [6.07, 6.45) is 0.826. The standard InChI is InChI=1S/C18H28N2O3/c1-6-14(4)18(5,23)11-20-16(21)10-19-17(22)15-8-7-12(2)13(3)9-15/h7-9,14,23H,6,10-11H2,1-5H3,(H,19,22)(H,20,21). The number of amides is 2. The zero-order valence-electron chi connectivity index (χ0n) is 14.7. The third kappa shape index (κ3) is 5.67. The number of aryl methyl sites for hydroxylation is 2. The highest BCUT2D eigenvalue weighted by atomic mass is 16.3. The van der Waals surface area contributed by atoms with Gasteiger partial charge in [-0.1, -0.05) is 26.3 Å². The van der Waals surface area contributed by atoms with Gasteiger partial charge in [-0.15, -0.1) is 0 Å². The van der Waals surface area contributed by atoms with Crippen molar-refractivity contribution >= 4 is 11.8 Å². The average molecular weight is 320 g/mol. The molecule has 1 aromatic rings. The van der Waals surface area contributed by atoms with E-state index in [1.54, 1.807) is 19.1 Å². The van der Waals surface area contributed by atoms with Crippen molar-refractivity contribution in [1.29, 1.82) is 0 Å². The molecule has 0 aliphatic rings. The van der Waals surface area contributed by atoms with E-state index in [1.807, 2.05) is 33.8 Å². The lowest BCUT2D eigenvalue weighted by Crippen LogP contribution is -2.47. The third-order valence-corrected chi connectivity index (χ3v) is 4.50. The third-order valence-electron chi connectivity index (χ3n) is 4.50. The first-order valence-electron chi connectivity index (χ1n) is 8.02. The van der Waals surface area contributed by atoms with Crippen LogP contribution in [-0.2, 0) is 4.79 Å². The molecule has 2 atom stereocenters. The zero-order valence-corrected chi connectivity index (χ0v) is 14.7. The van der Waals surface area contributed by atoms with Crippen LogP contribution in [0.5, 0.6) is 0 Å². The number of hydrogen-bond acceptors (Lipinski definition) is 3. The van der Waals surface area contributed by atoms with Crippen molar-refractivity contribution < 1.29 is 14.7 Å². The van der Waals surface area contributed by atoms with Crippen molar-refractivity contribution in [3.8, 4) is 0 Å².